The van der Waals surface area contributed by atoms with Crippen LogP contribution in [-0.4, -0.2) is 51.1 Å². The summed E-state index contributed by atoms with van der Waals surface area (Å²) in [5.41, 5.74) is 3.65. The van der Waals surface area contributed by atoms with Crippen LogP contribution in [0.25, 0.3) is 11.1 Å². The number of likely N-dealkylation sites (N-methyl/N-ethyl adjacent to an activating group) is 1. The summed E-state index contributed by atoms with van der Waals surface area (Å²) in [5, 5.41) is 4.31. The summed E-state index contributed by atoms with van der Waals surface area (Å²) >= 11 is 0. The smallest absolute Gasteiger partial charge is 0.119 e. The lowest BCUT2D eigenvalue weighted by Gasteiger charge is -2.27. The highest BCUT2D eigenvalue weighted by Gasteiger charge is 2.44. The van der Waals surface area contributed by atoms with Crippen LogP contribution in [0.15, 0.2) is 170 Å². The first kappa shape index (κ1) is 36.1. The van der Waals surface area contributed by atoms with Crippen molar-refractivity contribution in [1.82, 2.24) is 4.90 Å². The van der Waals surface area contributed by atoms with Crippen LogP contribution in [0, 0.1) is 0 Å². The van der Waals surface area contributed by atoms with Gasteiger partial charge in [-0.2, -0.15) is 0 Å². The van der Waals surface area contributed by atoms with Gasteiger partial charge in [-0.25, -0.2) is 0 Å². The monoisotopic (exact) mass is 694 g/mol. The molecule has 0 aliphatic rings. The molecule has 0 saturated carbocycles. The molecule has 5 heteroatoms. The normalized spacial score (nSPS) is 11.4. The molecule has 51 heavy (non-hydrogen) atoms. The highest BCUT2D eigenvalue weighted by molar-refractivity contribution is 7.95. The zero-order valence-corrected chi connectivity index (χ0v) is 30.5. The van der Waals surface area contributed by atoms with Gasteiger partial charge < -0.3 is 14.2 Å². The molecule has 260 valence electrons. The van der Waals surface area contributed by atoms with Crippen LogP contribution in [0.2, 0.25) is 0 Å². The lowest BCUT2D eigenvalue weighted by Crippen LogP contribution is -2.33. The van der Waals surface area contributed by atoms with E-state index in [2.05, 4.69) is 164 Å². The number of unbranched alkanes of at least 4 members (excludes halogenated alkanes) is 1. The molecular formula is C46H49NO3P+. The molecule has 0 aliphatic heterocycles. The van der Waals surface area contributed by atoms with Crippen LogP contribution in [0.4, 0.5) is 0 Å². The van der Waals surface area contributed by atoms with Gasteiger partial charge in [-0.3, -0.25) is 4.90 Å². The van der Waals surface area contributed by atoms with Crippen molar-refractivity contribution in [3.63, 3.8) is 0 Å². The summed E-state index contributed by atoms with van der Waals surface area (Å²) in [4.78, 5) is 2.28. The van der Waals surface area contributed by atoms with Gasteiger partial charge in [0.2, 0.25) is 0 Å². The van der Waals surface area contributed by atoms with Crippen LogP contribution in [-0.2, 0) is 11.3 Å². The Morgan fingerprint density at radius 2 is 0.922 bits per heavy atom. The maximum Gasteiger partial charge on any atom is 0.119 e. The molecule has 0 atom stereocenters. The molecule has 0 amide bonds. The standard InChI is InChI=1S/C46H49NO3P/c1-47(32-34-48-35-36-50-43-30-26-41(27-31-43)40-16-6-2-7-17-40)38-39-24-28-42(29-25-39)49-33-14-15-37-51(44-18-8-3-9-19-44,45-20-10-4-11-21-45)46-22-12-5-13-23-46/h2-13,16-31H,14-15,32-38H2,1H3/q+1. The van der Waals surface area contributed by atoms with Crippen LogP contribution < -0.4 is 25.4 Å². The van der Waals surface area contributed by atoms with Gasteiger partial charge in [0.15, 0.2) is 0 Å². The Hall–Kier alpha value is -4.73. The molecule has 0 fully saturated rings. The highest BCUT2D eigenvalue weighted by atomic mass is 31.2. The number of nitrogens with zero attached hydrogens (tertiary/aromatic N) is 1. The summed E-state index contributed by atoms with van der Waals surface area (Å²) in [6.07, 6.45) is 3.20. The molecule has 0 bridgehead atoms. The van der Waals surface area contributed by atoms with Crippen molar-refractivity contribution in [1.29, 1.82) is 0 Å². The minimum absolute atomic E-state index is 0.533. The van der Waals surface area contributed by atoms with E-state index in [1.165, 1.54) is 32.6 Å². The number of hydrogen-bond acceptors (Lipinski definition) is 4. The van der Waals surface area contributed by atoms with Crippen molar-refractivity contribution in [3.05, 3.63) is 175 Å². The van der Waals surface area contributed by atoms with E-state index in [1.54, 1.807) is 0 Å². The van der Waals surface area contributed by atoms with E-state index in [4.69, 9.17) is 14.2 Å². The number of ether oxygens (including phenoxy) is 3. The Balaban J connectivity index is 0.904. The van der Waals surface area contributed by atoms with Crippen LogP contribution in [0.3, 0.4) is 0 Å². The molecule has 0 N–H and O–H groups in total. The molecule has 0 radical (unpaired) electrons. The third-order valence-corrected chi connectivity index (χ3v) is 13.7. The first-order valence-corrected chi connectivity index (χ1v) is 20.0. The average molecular weight is 695 g/mol. The number of hydrogen-bond donors (Lipinski definition) is 0. The summed E-state index contributed by atoms with van der Waals surface area (Å²) in [5.74, 6) is 1.79. The first-order chi connectivity index (χ1) is 25.2. The van der Waals surface area contributed by atoms with E-state index < -0.39 is 7.26 Å². The highest BCUT2D eigenvalue weighted by Crippen LogP contribution is 2.55. The topological polar surface area (TPSA) is 30.9 Å². The van der Waals surface area contributed by atoms with Gasteiger partial charge in [-0.05, 0) is 97.2 Å². The van der Waals surface area contributed by atoms with Gasteiger partial charge in [0.25, 0.3) is 0 Å². The molecule has 0 spiro atoms. The molecule has 6 rings (SSSR count). The quantitative estimate of drug-likeness (QED) is 0.0626. The van der Waals surface area contributed by atoms with Crippen LogP contribution in [0.5, 0.6) is 11.5 Å². The zero-order valence-electron chi connectivity index (χ0n) is 29.6. The van der Waals surface area contributed by atoms with Crippen molar-refractivity contribution in [2.24, 2.45) is 0 Å². The van der Waals surface area contributed by atoms with Gasteiger partial charge >= 0.3 is 0 Å². The van der Waals surface area contributed by atoms with E-state index >= 15 is 0 Å². The fraction of sp³-hybridized carbons (Fsp3) is 0.217. The predicted molar refractivity (Wildman–Crippen MR) is 216 cm³/mol. The van der Waals surface area contributed by atoms with Crippen molar-refractivity contribution in [2.45, 2.75) is 19.4 Å². The molecule has 4 nitrogen and oxygen atoms in total. The third-order valence-electron chi connectivity index (χ3n) is 9.20. The summed E-state index contributed by atoms with van der Waals surface area (Å²) < 4.78 is 17.9. The molecular weight excluding hydrogens is 645 g/mol. The molecule has 0 heterocycles. The van der Waals surface area contributed by atoms with Crippen molar-refractivity contribution >= 4 is 23.2 Å². The maximum atomic E-state index is 6.23. The molecule has 0 aliphatic carbocycles. The van der Waals surface area contributed by atoms with Crippen molar-refractivity contribution < 1.29 is 14.2 Å². The van der Waals surface area contributed by atoms with Gasteiger partial charge in [-0.15, -0.1) is 0 Å². The molecule has 0 saturated heterocycles. The fourth-order valence-corrected chi connectivity index (χ4v) is 10.9. The summed E-state index contributed by atoms with van der Waals surface area (Å²) in [7, 11) is 0.328. The van der Waals surface area contributed by atoms with E-state index in [-0.39, 0.29) is 0 Å². The fourth-order valence-electron chi connectivity index (χ4n) is 6.52. The van der Waals surface area contributed by atoms with Gasteiger partial charge in [-0.1, -0.05) is 109 Å². The van der Waals surface area contributed by atoms with Crippen LogP contribution >= 0.6 is 7.26 Å². The second kappa shape index (κ2) is 19.0. The van der Waals surface area contributed by atoms with Crippen LogP contribution in [0.1, 0.15) is 18.4 Å². The lowest BCUT2D eigenvalue weighted by atomic mass is 10.1. The van der Waals surface area contributed by atoms with E-state index in [1.807, 2.05) is 18.2 Å². The first-order valence-electron chi connectivity index (χ1n) is 18.0. The van der Waals surface area contributed by atoms with Gasteiger partial charge in [0.1, 0.15) is 41.3 Å². The Labute approximate surface area is 305 Å². The third kappa shape index (κ3) is 10.2. The second-order valence-electron chi connectivity index (χ2n) is 12.8. The van der Waals surface area contributed by atoms with Crippen molar-refractivity contribution in [2.75, 3.05) is 46.2 Å². The second-order valence-corrected chi connectivity index (χ2v) is 16.4. The Kier molecular flexibility index (Phi) is 13.5. The lowest BCUT2D eigenvalue weighted by molar-refractivity contribution is 0.0837. The van der Waals surface area contributed by atoms with Gasteiger partial charge in [0.05, 0.1) is 26.0 Å². The Bertz CT molecular complexity index is 1740. The number of rotatable bonds is 19. The molecule has 0 unspecified atom stereocenters. The summed E-state index contributed by atoms with van der Waals surface area (Å²) in [6.45, 7) is 4.18. The van der Waals surface area contributed by atoms with E-state index in [0.29, 0.717) is 26.4 Å². The minimum Gasteiger partial charge on any atom is -0.494 e. The number of benzene rings is 6. The maximum absolute atomic E-state index is 6.23. The van der Waals surface area contributed by atoms with Crippen molar-refractivity contribution in [3.8, 4) is 22.6 Å². The SMILES string of the molecule is CN(CCOCCOc1ccc(-c2ccccc2)cc1)Cc1ccc(OCCCC[P+](c2ccccc2)(c2ccccc2)c2ccccc2)cc1. The minimum atomic E-state index is -1.80. The zero-order chi connectivity index (χ0) is 35.0. The van der Waals surface area contributed by atoms with E-state index in [0.717, 1.165) is 43.6 Å². The largest absolute Gasteiger partial charge is 0.494 e. The average Bonchev–Trinajstić information content (AvgIpc) is 3.20. The molecule has 6 aromatic carbocycles. The Morgan fingerprint density at radius 3 is 1.47 bits per heavy atom. The van der Waals surface area contributed by atoms with E-state index in [9.17, 15) is 0 Å². The molecule has 6 aromatic rings. The van der Waals surface area contributed by atoms with Gasteiger partial charge in [0, 0.05) is 13.1 Å². The molecule has 0 aromatic heterocycles. The predicted octanol–water partition coefficient (Wildman–Crippen LogP) is 9.03. The summed E-state index contributed by atoms with van der Waals surface area (Å²) in [6, 6.07) is 60.5. The Morgan fingerprint density at radius 1 is 0.451 bits per heavy atom.